The maximum Gasteiger partial charge on any atom is 0.269 e. The lowest BCUT2D eigenvalue weighted by Crippen LogP contribution is -2.19. The Morgan fingerprint density at radius 2 is 1.12 bits per heavy atom. The summed E-state index contributed by atoms with van der Waals surface area (Å²) in [7, 11) is 12.0. The summed E-state index contributed by atoms with van der Waals surface area (Å²) in [6, 6.07) is 22.8. The number of nitrogens with two attached hydrogens (primary N) is 1. The molecule has 0 radical (unpaired) electrons. The minimum atomic E-state index is 0.0780. The zero-order valence-electron chi connectivity index (χ0n) is 27.2. The molecule has 0 spiro atoms. The second-order valence-electron chi connectivity index (χ2n) is 11.2. The highest BCUT2D eigenvalue weighted by Crippen LogP contribution is 2.47. The van der Waals surface area contributed by atoms with E-state index in [0.29, 0.717) is 16.1 Å². The van der Waals surface area contributed by atoms with Gasteiger partial charge in [0.15, 0.2) is 0 Å². The van der Waals surface area contributed by atoms with E-state index in [1.165, 1.54) is 11.8 Å². The minimum absolute atomic E-state index is 0.0780. The molecular formula is C36H30N10S2. The Bertz CT molecular complexity index is 2370. The highest BCUT2D eigenvalue weighted by Gasteiger charge is 2.21. The molecule has 4 aromatic rings. The summed E-state index contributed by atoms with van der Waals surface area (Å²) in [5, 5.41) is 21.1. The van der Waals surface area contributed by atoms with Crippen LogP contribution in [0.3, 0.4) is 0 Å². The standard InChI is InChI=1S/C19H17N5S.C17H13N5S/c1-21-15(11-20)12-6-7-13-17(10-12)25-19-14(22-13)8-9-16(23(2)3)18(19)24(4)5;1-20-13(9-18)10-4-5-11-15(8-10)23-17-12(21-11)6-7-14(16(17)19)22(2)3/h6-10H,2-5H3;4-8H,19H2,2-3H3/b15-12+;13-10+. The van der Waals surface area contributed by atoms with Crippen molar-refractivity contribution in [2.75, 3.05) is 62.7 Å². The third kappa shape index (κ3) is 6.36. The number of nitrogen functional groups attached to an aromatic ring is 1. The summed E-state index contributed by atoms with van der Waals surface area (Å²) < 4.78 is 0. The molecule has 0 amide bonds. The van der Waals surface area contributed by atoms with Crippen LogP contribution in [0.25, 0.3) is 21.1 Å². The Labute approximate surface area is 287 Å². The average Bonchev–Trinajstić information content (AvgIpc) is 3.07. The van der Waals surface area contributed by atoms with E-state index in [0.717, 1.165) is 58.7 Å². The SMILES string of the molecule is [C-]#[N+]/C(C#N)=c1\ccc2c(c1)Sc1c(ccc(N(C)C)c1N(C)C)N=2.[C-]#[N+]/C(C#N)=c1\ccc2c(c1)Sc1c(ccc(N(C)C)c1N)N=2. The first kappa shape index (κ1) is 33.4. The predicted molar refractivity (Wildman–Crippen MR) is 194 cm³/mol. The molecule has 10 nitrogen and oxygen atoms in total. The smallest absolute Gasteiger partial charge is 0.269 e. The van der Waals surface area contributed by atoms with Gasteiger partial charge in [0.2, 0.25) is 0 Å². The zero-order chi connectivity index (χ0) is 34.7. The lowest BCUT2D eigenvalue weighted by atomic mass is 10.2. The van der Waals surface area contributed by atoms with E-state index < -0.39 is 0 Å². The number of nitrogens with zero attached hydrogens (tertiary/aromatic N) is 9. The first-order chi connectivity index (χ1) is 23.0. The Kier molecular flexibility index (Phi) is 9.63. The molecule has 0 aromatic heterocycles. The van der Waals surface area contributed by atoms with Crippen molar-refractivity contribution in [3.8, 4) is 12.1 Å². The molecule has 4 aromatic carbocycles. The summed E-state index contributed by atoms with van der Waals surface area (Å²) in [6.45, 7) is 14.2. The maximum atomic E-state index is 9.11. The number of fused-ring (bicyclic) bond motifs is 4. The predicted octanol–water partition coefficient (Wildman–Crippen LogP) is 5.09. The summed E-state index contributed by atoms with van der Waals surface area (Å²) in [5.41, 5.74) is 12.1. The fourth-order valence-corrected chi connectivity index (χ4v) is 7.44. The number of benzene rings is 4. The third-order valence-electron chi connectivity index (χ3n) is 7.46. The highest BCUT2D eigenvalue weighted by atomic mass is 32.2. The normalized spacial score (nSPS) is 12.8. The minimum Gasteiger partial charge on any atom is -0.396 e. The van der Waals surface area contributed by atoms with Crippen LogP contribution in [-0.4, -0.2) is 42.3 Å². The lowest BCUT2D eigenvalue weighted by Gasteiger charge is -2.27. The van der Waals surface area contributed by atoms with E-state index in [9.17, 15) is 0 Å². The van der Waals surface area contributed by atoms with Gasteiger partial charge in [-0.2, -0.15) is 0 Å². The van der Waals surface area contributed by atoms with Crippen LogP contribution in [0.1, 0.15) is 0 Å². The molecule has 2 aliphatic heterocycles. The summed E-state index contributed by atoms with van der Waals surface area (Å²) in [5.74, 6) is 0. The van der Waals surface area contributed by atoms with Gasteiger partial charge in [-0.1, -0.05) is 35.7 Å². The third-order valence-corrected chi connectivity index (χ3v) is 9.79. The van der Waals surface area contributed by atoms with Gasteiger partial charge >= 0.3 is 0 Å². The molecule has 0 saturated heterocycles. The van der Waals surface area contributed by atoms with Crippen LogP contribution in [-0.2, 0) is 0 Å². The molecule has 2 heterocycles. The van der Waals surface area contributed by atoms with Gasteiger partial charge < -0.3 is 20.4 Å². The Balaban J connectivity index is 0.000000188. The van der Waals surface area contributed by atoms with Gasteiger partial charge in [0, 0.05) is 52.1 Å². The molecule has 2 aliphatic rings. The number of hydrogen-bond acceptors (Lipinski definition) is 10. The van der Waals surface area contributed by atoms with Crippen LogP contribution in [0.15, 0.2) is 90.2 Å². The monoisotopic (exact) mass is 666 g/mol. The van der Waals surface area contributed by atoms with E-state index in [1.807, 2.05) is 102 Å². The van der Waals surface area contributed by atoms with Gasteiger partial charge in [-0.25, -0.2) is 30.2 Å². The fourth-order valence-electron chi connectivity index (χ4n) is 5.15. The maximum absolute atomic E-state index is 9.11. The summed E-state index contributed by atoms with van der Waals surface area (Å²) in [4.78, 5) is 26.0. The van der Waals surface area contributed by atoms with Gasteiger partial charge in [-0.3, -0.25) is 0 Å². The van der Waals surface area contributed by atoms with Crippen molar-refractivity contribution in [3.05, 3.63) is 105 Å². The average molecular weight is 667 g/mol. The van der Waals surface area contributed by atoms with Crippen molar-refractivity contribution in [2.45, 2.75) is 19.6 Å². The Morgan fingerprint density at radius 1 is 0.667 bits per heavy atom. The molecule has 0 aliphatic carbocycles. The molecule has 6 rings (SSSR count). The molecule has 0 bridgehead atoms. The largest absolute Gasteiger partial charge is 0.396 e. The van der Waals surface area contributed by atoms with Crippen molar-refractivity contribution in [1.29, 1.82) is 10.5 Å². The van der Waals surface area contributed by atoms with E-state index in [1.54, 1.807) is 23.9 Å². The molecule has 48 heavy (non-hydrogen) atoms. The van der Waals surface area contributed by atoms with Gasteiger partial charge in [-0.15, -0.1) is 0 Å². The first-order valence-corrected chi connectivity index (χ1v) is 16.1. The van der Waals surface area contributed by atoms with Crippen LogP contribution >= 0.6 is 23.5 Å². The lowest BCUT2D eigenvalue weighted by molar-refractivity contribution is 1.04. The molecule has 236 valence electrons. The summed E-state index contributed by atoms with van der Waals surface area (Å²) >= 11 is 3.16. The van der Waals surface area contributed by atoms with Crippen LogP contribution in [0.5, 0.6) is 0 Å². The van der Waals surface area contributed by atoms with Crippen LogP contribution < -0.4 is 41.6 Å². The van der Waals surface area contributed by atoms with Crippen molar-refractivity contribution in [1.82, 2.24) is 0 Å². The van der Waals surface area contributed by atoms with Gasteiger partial charge in [0.05, 0.1) is 79.9 Å². The quantitative estimate of drug-likeness (QED) is 0.205. The zero-order valence-corrected chi connectivity index (χ0v) is 28.8. The fraction of sp³-hybridized carbons (Fsp3) is 0.167. The molecule has 0 atom stereocenters. The van der Waals surface area contributed by atoms with E-state index >= 15 is 0 Å². The Morgan fingerprint density at radius 3 is 1.56 bits per heavy atom. The molecule has 0 fully saturated rings. The second kappa shape index (κ2) is 13.8. The van der Waals surface area contributed by atoms with Gasteiger partial charge in [0.25, 0.3) is 11.4 Å². The summed E-state index contributed by atoms with van der Waals surface area (Å²) in [6.07, 6.45) is 0. The topological polar surface area (TPSA) is 117 Å². The van der Waals surface area contributed by atoms with E-state index in [2.05, 4.69) is 30.5 Å². The number of rotatable bonds is 3. The van der Waals surface area contributed by atoms with Crippen LogP contribution in [0.4, 0.5) is 34.1 Å². The van der Waals surface area contributed by atoms with Gasteiger partial charge in [0.1, 0.15) is 0 Å². The first-order valence-electron chi connectivity index (χ1n) is 14.5. The van der Waals surface area contributed by atoms with Crippen LogP contribution in [0.2, 0.25) is 0 Å². The van der Waals surface area contributed by atoms with Crippen molar-refractivity contribution in [3.63, 3.8) is 0 Å². The van der Waals surface area contributed by atoms with Crippen molar-refractivity contribution in [2.24, 2.45) is 9.98 Å². The van der Waals surface area contributed by atoms with E-state index in [-0.39, 0.29) is 11.4 Å². The number of hydrogen-bond donors (Lipinski definition) is 1. The van der Waals surface area contributed by atoms with E-state index in [4.69, 9.17) is 34.4 Å². The van der Waals surface area contributed by atoms with Gasteiger partial charge in [-0.05, 0) is 59.0 Å². The molecule has 2 N–H and O–H groups in total. The van der Waals surface area contributed by atoms with Crippen molar-refractivity contribution >= 4 is 69.0 Å². The molecule has 0 saturated carbocycles. The highest BCUT2D eigenvalue weighted by molar-refractivity contribution is 8.00. The molecular weight excluding hydrogens is 637 g/mol. The van der Waals surface area contributed by atoms with Crippen LogP contribution in [0, 0.1) is 35.8 Å². The number of anilines is 4. The molecule has 0 unspecified atom stereocenters. The number of nitriles is 2. The second-order valence-corrected chi connectivity index (χ2v) is 13.4. The van der Waals surface area contributed by atoms with Crippen molar-refractivity contribution < 1.29 is 0 Å². The Hall–Kier alpha value is -5.92. The molecule has 12 heteroatoms.